The summed E-state index contributed by atoms with van der Waals surface area (Å²) in [7, 11) is 0. The smallest absolute Gasteiger partial charge is 0.544 e. The van der Waals surface area contributed by atoms with E-state index in [4.69, 9.17) is 18.9 Å². The van der Waals surface area contributed by atoms with E-state index < -0.39 is 134 Å². The molecule has 502 valence electrons. The topological polar surface area (TPSA) is 413 Å². The van der Waals surface area contributed by atoms with Gasteiger partial charge in [0.1, 0.15) is 36.4 Å². The zero-order valence-electron chi connectivity index (χ0n) is 53.1. The summed E-state index contributed by atoms with van der Waals surface area (Å²) in [6.07, 6.45) is -13.7. The number of carboxylic acids is 2. The normalized spacial score (nSPS) is 22.0. The minimum absolute atomic E-state index is 0. The summed E-state index contributed by atoms with van der Waals surface area (Å²) in [5.41, 5.74) is 4.15. The van der Waals surface area contributed by atoms with Crippen molar-refractivity contribution in [2.75, 3.05) is 62.4 Å². The van der Waals surface area contributed by atoms with Crippen LogP contribution in [0, 0.1) is 0 Å². The number of aliphatic hydroxyl groups is 6. The first-order chi connectivity index (χ1) is 44.0. The van der Waals surface area contributed by atoms with Crippen molar-refractivity contribution in [3.8, 4) is 22.3 Å². The number of unbranched alkanes of at least 4 members (excludes halogenated alkanes) is 1. The molecule has 6 rings (SSSR count). The van der Waals surface area contributed by atoms with Crippen LogP contribution in [-0.4, -0.2) is 213 Å². The fraction of sp³-hybridized carbons (Fsp3) is 0.500. The number of benzene rings is 4. The number of thioether (sulfide) groups is 2. The summed E-state index contributed by atoms with van der Waals surface area (Å²) in [5, 5.41) is 107. The van der Waals surface area contributed by atoms with E-state index in [1.165, 1.54) is 23.5 Å². The summed E-state index contributed by atoms with van der Waals surface area (Å²) >= 11 is 2.87. The summed E-state index contributed by atoms with van der Waals surface area (Å²) in [5.74, 6) is -9.87. The van der Waals surface area contributed by atoms with Crippen LogP contribution in [0.15, 0.2) is 109 Å². The Kier molecular flexibility index (Phi) is 35.7. The van der Waals surface area contributed by atoms with Gasteiger partial charge in [-0.15, -0.1) is 0 Å². The van der Waals surface area contributed by atoms with Crippen LogP contribution in [0.3, 0.4) is 0 Å². The maximum Gasteiger partial charge on any atom is 1.00 e. The van der Waals surface area contributed by atoms with Crippen molar-refractivity contribution in [3.05, 3.63) is 120 Å². The zero-order chi connectivity index (χ0) is 66.8. The van der Waals surface area contributed by atoms with E-state index in [9.17, 15) is 79.2 Å². The molecule has 6 amide bonds. The number of hydrogen-bond acceptors (Lipinski definition) is 22. The van der Waals surface area contributed by atoms with Crippen LogP contribution in [0.5, 0.6) is 0 Å². The van der Waals surface area contributed by atoms with Gasteiger partial charge < -0.3 is 101 Å². The van der Waals surface area contributed by atoms with Crippen LogP contribution >= 0.6 is 23.5 Å². The molecule has 2 aliphatic heterocycles. The van der Waals surface area contributed by atoms with Crippen molar-refractivity contribution in [1.29, 1.82) is 0 Å². The van der Waals surface area contributed by atoms with E-state index in [-0.39, 0.29) is 121 Å². The molecule has 26 nitrogen and oxygen atoms in total. The molecule has 0 aromatic heterocycles. The Morgan fingerprint density at radius 2 is 0.851 bits per heavy atom. The number of carbonyl (C=O) groups is 8. The molecule has 12 N–H and O–H groups in total. The molecule has 4 aromatic carbocycles. The second-order valence-electron chi connectivity index (χ2n) is 22.2. The Balaban J connectivity index is 0.00000941. The first-order valence-corrected chi connectivity index (χ1v) is 32.6. The molecule has 4 aromatic rings. The van der Waals surface area contributed by atoms with E-state index in [0.717, 1.165) is 36.1 Å². The predicted molar refractivity (Wildman–Crippen MR) is 334 cm³/mol. The van der Waals surface area contributed by atoms with Crippen LogP contribution in [0.1, 0.15) is 85.9 Å². The Labute approximate surface area is 598 Å². The number of carbonyl (C=O) groups excluding carboxylic acids is 8. The van der Waals surface area contributed by atoms with Gasteiger partial charge in [-0.25, -0.2) is 0 Å². The first-order valence-electron chi connectivity index (χ1n) is 30.3. The van der Waals surface area contributed by atoms with Gasteiger partial charge in [0.05, 0.1) is 49.7 Å². The molecule has 0 radical (unpaired) electrons. The molecule has 2 heterocycles. The SMILES string of the molecule is CC(=O)N[C@H]1[C@H]([C@H](O)[C@H](O)CNC(=O)c2ccc(-c3ccccc3)cc2)O[C@@](OCCCSCCNC(=O)CCCCC(=O)NCCSCCCO[C@]2(C(=O)[O-])C[C@H](O)[C@@H](NC(C)=O)[C@H]([C@H](O)[C@H](O)CNC(=O)c3ccc(-c4ccccc4)cc3)O2)(C(=O)[O-])C[C@@H]1O.[Na+].[Na+]. The summed E-state index contributed by atoms with van der Waals surface area (Å²) in [6.45, 7) is 1.48. The minimum atomic E-state index is -2.58. The van der Waals surface area contributed by atoms with Gasteiger partial charge in [-0.3, -0.25) is 28.8 Å². The van der Waals surface area contributed by atoms with Gasteiger partial charge in [0.15, 0.2) is 0 Å². The van der Waals surface area contributed by atoms with E-state index in [1.54, 1.807) is 48.5 Å². The summed E-state index contributed by atoms with van der Waals surface area (Å²) in [4.78, 5) is 100. The molecule has 0 aliphatic carbocycles. The molecule has 94 heavy (non-hydrogen) atoms. The first kappa shape index (κ1) is 81.4. The minimum Gasteiger partial charge on any atom is -0.544 e. The van der Waals surface area contributed by atoms with E-state index in [2.05, 4.69) is 31.9 Å². The van der Waals surface area contributed by atoms with Crippen molar-refractivity contribution in [1.82, 2.24) is 31.9 Å². The second-order valence-corrected chi connectivity index (χ2v) is 24.6. The van der Waals surface area contributed by atoms with Gasteiger partial charge in [0, 0.05) is 88.3 Å². The number of hydrogen-bond donors (Lipinski definition) is 12. The second kappa shape index (κ2) is 41.3. The number of aliphatic hydroxyl groups excluding tert-OH is 6. The summed E-state index contributed by atoms with van der Waals surface area (Å²) in [6, 6.07) is 29.6. The van der Waals surface area contributed by atoms with Crippen molar-refractivity contribution in [3.63, 3.8) is 0 Å². The molecule has 0 unspecified atom stereocenters. The van der Waals surface area contributed by atoms with E-state index in [0.29, 0.717) is 48.9 Å². The van der Waals surface area contributed by atoms with Crippen LogP contribution in [0.4, 0.5) is 0 Å². The molecule has 12 atom stereocenters. The third-order valence-electron chi connectivity index (χ3n) is 15.2. The number of nitrogens with one attached hydrogen (secondary N) is 6. The van der Waals surface area contributed by atoms with Crippen LogP contribution in [-0.2, 0) is 47.7 Å². The van der Waals surface area contributed by atoms with Gasteiger partial charge in [-0.1, -0.05) is 84.9 Å². The number of ether oxygens (including phenoxy) is 4. The van der Waals surface area contributed by atoms with Crippen molar-refractivity contribution in [2.45, 2.75) is 138 Å². The third-order valence-corrected chi connectivity index (χ3v) is 17.3. The molecule has 0 spiro atoms. The average molecular weight is 1370 g/mol. The van der Waals surface area contributed by atoms with Crippen molar-refractivity contribution < 1.29 is 157 Å². The fourth-order valence-corrected chi connectivity index (χ4v) is 11.9. The van der Waals surface area contributed by atoms with Crippen LogP contribution in [0.25, 0.3) is 22.3 Å². The third kappa shape index (κ3) is 25.1. The quantitative estimate of drug-likeness (QED) is 0.0147. The number of aliphatic carboxylic acids is 2. The Bertz CT molecular complexity index is 2840. The zero-order valence-corrected chi connectivity index (χ0v) is 58.7. The Hall–Kier alpha value is -5.06. The van der Waals surface area contributed by atoms with Gasteiger partial charge in [-0.2, -0.15) is 23.5 Å². The monoisotopic (exact) mass is 1360 g/mol. The molecule has 0 bridgehead atoms. The Morgan fingerprint density at radius 3 is 1.18 bits per heavy atom. The molecule has 30 heteroatoms. The van der Waals surface area contributed by atoms with Gasteiger partial charge in [0.2, 0.25) is 35.2 Å². The average Bonchev–Trinajstić information content (AvgIpc) is 0.777. The van der Waals surface area contributed by atoms with Gasteiger partial charge >= 0.3 is 59.1 Å². The molecular weight excluding hydrogens is 1280 g/mol. The van der Waals surface area contributed by atoms with Crippen molar-refractivity contribution >= 4 is 70.9 Å². The predicted octanol–water partition coefficient (Wildman–Crippen LogP) is -7.09. The molecular formula is C64H82N6Na2O20S2. The van der Waals surface area contributed by atoms with Crippen molar-refractivity contribution in [2.24, 2.45) is 0 Å². The molecule has 2 fully saturated rings. The number of carboxylic acid groups (broad SMARTS) is 2. The Morgan fingerprint density at radius 1 is 0.511 bits per heavy atom. The largest absolute Gasteiger partial charge is 1.00 e. The fourth-order valence-electron chi connectivity index (χ4n) is 10.3. The standard InChI is InChI=1S/C64H84N6O20S2.2Na/c1-39(71)69-53-47(73)35-63(61(83)84,89-57(53)55(79)49(75)37-67-59(81)45-23-19-43(20-24-45)41-13-5-3-6-14-41)87-29-11-31-91-33-27-65-51(77)17-9-10-18-52(78)66-28-34-92-32-12-30-88-64(62(85)86)36-48(74)54(70-40(2)72)58(90-64)56(80)50(76)38-68-60(82)46-25-21-44(22-26-46)42-15-7-4-8-16-42;;/h3-8,13-16,19-26,47-50,53-58,73-76,79-80H,9-12,17-18,27-38H2,1-2H3,(H,65,77)(H,66,78)(H,67,81)(H,68,82)(H,69,71)(H,70,72)(H,83,84)(H,85,86);;/q;2*+1/p-2/t47-,48-,49+,50+,53+,54+,55+,56+,57+,58+,63+,64+;;/m0../s1. The number of rotatable bonds is 37. The molecule has 0 saturated carbocycles. The van der Waals surface area contributed by atoms with E-state index >= 15 is 0 Å². The summed E-state index contributed by atoms with van der Waals surface area (Å²) < 4.78 is 22.9. The molecule has 2 aliphatic rings. The maximum atomic E-state index is 13.0. The van der Waals surface area contributed by atoms with Gasteiger partial charge in [-0.05, 0) is 83.7 Å². The van der Waals surface area contributed by atoms with Gasteiger partial charge in [0.25, 0.3) is 11.8 Å². The van der Waals surface area contributed by atoms with Crippen LogP contribution < -0.4 is 101 Å². The number of amides is 6. The van der Waals surface area contributed by atoms with E-state index in [1.807, 2.05) is 60.7 Å². The van der Waals surface area contributed by atoms with Crippen LogP contribution in [0.2, 0.25) is 0 Å². The maximum absolute atomic E-state index is 13.0. The molecule has 2 saturated heterocycles.